The summed E-state index contributed by atoms with van der Waals surface area (Å²) in [6.45, 7) is 1.83. The Morgan fingerprint density at radius 2 is 1.95 bits per heavy atom. The van der Waals surface area contributed by atoms with Gasteiger partial charge >= 0.3 is 5.97 Å². The molecule has 6 heteroatoms. The number of likely N-dealkylation sites (N-methyl/N-ethyl adjacent to an activating group) is 1. The molecule has 0 bridgehead atoms. The van der Waals surface area contributed by atoms with Crippen molar-refractivity contribution in [2.24, 2.45) is 0 Å². The molecule has 19 heavy (non-hydrogen) atoms. The van der Waals surface area contributed by atoms with Crippen molar-refractivity contribution < 1.29 is 17.9 Å². The Bertz CT molecular complexity index is 539. The topological polar surface area (TPSA) is 63.7 Å². The van der Waals surface area contributed by atoms with E-state index in [0.29, 0.717) is 12.1 Å². The molecule has 0 fully saturated rings. The predicted octanol–water partition coefficient (Wildman–Crippen LogP) is 1.48. The number of benzene rings is 1. The van der Waals surface area contributed by atoms with E-state index < -0.39 is 15.8 Å². The molecule has 0 amide bonds. The van der Waals surface area contributed by atoms with Crippen LogP contribution in [0, 0.1) is 0 Å². The number of nitrogens with zero attached hydrogens (tertiary/aromatic N) is 1. The van der Waals surface area contributed by atoms with Crippen LogP contribution in [-0.4, -0.2) is 40.8 Å². The highest BCUT2D eigenvalue weighted by molar-refractivity contribution is 7.91. The molecule has 0 saturated heterocycles. The molecular formula is C13H19NO4S. The lowest BCUT2D eigenvalue weighted by Crippen LogP contribution is -2.28. The first-order chi connectivity index (χ1) is 8.92. The van der Waals surface area contributed by atoms with E-state index >= 15 is 0 Å². The molecule has 0 spiro atoms. The second-order valence-corrected chi connectivity index (χ2v) is 6.30. The van der Waals surface area contributed by atoms with Crippen LogP contribution in [0.25, 0.3) is 0 Å². The van der Waals surface area contributed by atoms with Crippen LogP contribution in [0.4, 0.5) is 5.69 Å². The molecule has 1 aromatic rings. The van der Waals surface area contributed by atoms with Crippen LogP contribution in [0.15, 0.2) is 29.2 Å². The summed E-state index contributed by atoms with van der Waals surface area (Å²) in [5.41, 5.74) is 0.515. The molecule has 0 N–H and O–H groups in total. The zero-order chi connectivity index (χ0) is 14.5. The van der Waals surface area contributed by atoms with Gasteiger partial charge in [0.2, 0.25) is 0 Å². The molecule has 0 atom stereocenters. The number of methoxy groups -OCH3 is 1. The van der Waals surface area contributed by atoms with Gasteiger partial charge in [-0.3, -0.25) is 4.79 Å². The fourth-order valence-corrected chi connectivity index (χ4v) is 3.34. The van der Waals surface area contributed by atoms with Crippen molar-refractivity contribution in [1.82, 2.24) is 0 Å². The quantitative estimate of drug-likeness (QED) is 0.741. The van der Waals surface area contributed by atoms with Gasteiger partial charge in [0, 0.05) is 7.05 Å². The number of rotatable bonds is 6. The number of hydrogen-bond acceptors (Lipinski definition) is 5. The van der Waals surface area contributed by atoms with Crippen molar-refractivity contribution in [2.45, 2.75) is 18.2 Å². The van der Waals surface area contributed by atoms with E-state index in [0.717, 1.165) is 0 Å². The van der Waals surface area contributed by atoms with Crippen LogP contribution in [0.3, 0.4) is 0 Å². The first kappa shape index (κ1) is 15.5. The number of sulfone groups is 1. The molecule has 1 aromatic carbocycles. The Kier molecular flexibility index (Phi) is 5.35. The molecule has 0 saturated carbocycles. The number of carbonyl (C=O) groups excluding carboxylic acids is 1. The van der Waals surface area contributed by atoms with Crippen molar-refractivity contribution in [2.75, 3.05) is 31.4 Å². The van der Waals surface area contributed by atoms with Crippen molar-refractivity contribution >= 4 is 21.5 Å². The maximum absolute atomic E-state index is 12.2. The van der Waals surface area contributed by atoms with Crippen LogP contribution in [0.2, 0.25) is 0 Å². The Morgan fingerprint density at radius 1 is 1.32 bits per heavy atom. The summed E-state index contributed by atoms with van der Waals surface area (Å²) >= 11 is 0. The molecule has 0 radical (unpaired) electrons. The molecule has 0 aliphatic rings. The van der Waals surface area contributed by atoms with Gasteiger partial charge in [-0.15, -0.1) is 0 Å². The minimum atomic E-state index is -3.32. The smallest absolute Gasteiger partial charge is 0.325 e. The van der Waals surface area contributed by atoms with Gasteiger partial charge in [-0.1, -0.05) is 19.1 Å². The van der Waals surface area contributed by atoms with Crippen LogP contribution in [0.1, 0.15) is 13.3 Å². The average Bonchev–Trinajstić information content (AvgIpc) is 2.38. The fraction of sp³-hybridized carbons (Fsp3) is 0.462. The second-order valence-electron chi connectivity index (χ2n) is 4.22. The highest BCUT2D eigenvalue weighted by Crippen LogP contribution is 2.25. The monoisotopic (exact) mass is 285 g/mol. The lowest BCUT2D eigenvalue weighted by molar-refractivity contribution is -0.138. The first-order valence-electron chi connectivity index (χ1n) is 6.02. The summed E-state index contributed by atoms with van der Waals surface area (Å²) in [5.74, 6) is -0.319. The number of hydrogen-bond donors (Lipinski definition) is 0. The molecule has 0 aliphatic carbocycles. The van der Waals surface area contributed by atoms with Gasteiger partial charge in [-0.2, -0.15) is 0 Å². The van der Waals surface area contributed by atoms with E-state index in [4.69, 9.17) is 0 Å². The molecule has 1 rings (SSSR count). The number of anilines is 1. The Labute approximate surface area is 114 Å². The zero-order valence-electron chi connectivity index (χ0n) is 11.4. The van der Waals surface area contributed by atoms with Gasteiger partial charge in [0.1, 0.15) is 6.54 Å². The third-order valence-corrected chi connectivity index (χ3v) is 4.64. The lowest BCUT2D eigenvalue weighted by Gasteiger charge is -2.21. The van der Waals surface area contributed by atoms with Crippen LogP contribution >= 0.6 is 0 Å². The van der Waals surface area contributed by atoms with Gasteiger partial charge in [0.05, 0.1) is 23.4 Å². The summed E-state index contributed by atoms with van der Waals surface area (Å²) in [7, 11) is -0.357. The molecule has 0 unspecified atom stereocenters. The highest BCUT2D eigenvalue weighted by atomic mass is 32.2. The normalized spacial score (nSPS) is 11.1. The van der Waals surface area contributed by atoms with Crippen LogP contribution in [-0.2, 0) is 19.4 Å². The lowest BCUT2D eigenvalue weighted by atomic mass is 10.3. The summed E-state index contributed by atoms with van der Waals surface area (Å²) in [5, 5.41) is 0. The molecular weight excluding hydrogens is 266 g/mol. The first-order valence-corrected chi connectivity index (χ1v) is 7.67. The largest absolute Gasteiger partial charge is 0.468 e. The summed E-state index contributed by atoms with van der Waals surface area (Å²) in [4.78, 5) is 13.1. The SMILES string of the molecule is CCCS(=O)(=O)c1ccccc1N(C)CC(=O)OC. The third kappa shape index (κ3) is 3.96. The molecule has 0 heterocycles. The van der Waals surface area contributed by atoms with Gasteiger partial charge in [-0.05, 0) is 18.6 Å². The molecule has 5 nitrogen and oxygen atoms in total. The van der Waals surface area contributed by atoms with Crippen molar-refractivity contribution in [3.63, 3.8) is 0 Å². The number of carbonyl (C=O) groups is 1. The number of esters is 1. The van der Waals surface area contributed by atoms with Crippen molar-refractivity contribution in [1.29, 1.82) is 0 Å². The zero-order valence-corrected chi connectivity index (χ0v) is 12.2. The maximum atomic E-state index is 12.2. The maximum Gasteiger partial charge on any atom is 0.325 e. The number of ether oxygens (including phenoxy) is 1. The molecule has 0 aliphatic heterocycles. The summed E-state index contributed by atoms with van der Waals surface area (Å²) in [6, 6.07) is 6.67. The average molecular weight is 285 g/mol. The van der Waals surface area contributed by atoms with E-state index in [1.807, 2.05) is 6.92 Å². The van der Waals surface area contributed by atoms with Gasteiger partial charge in [-0.25, -0.2) is 8.42 Å². The Balaban J connectivity index is 3.12. The molecule has 0 aromatic heterocycles. The van der Waals surface area contributed by atoms with E-state index in [1.165, 1.54) is 7.11 Å². The van der Waals surface area contributed by atoms with Gasteiger partial charge < -0.3 is 9.64 Å². The minimum Gasteiger partial charge on any atom is -0.468 e. The second kappa shape index (κ2) is 6.56. The van der Waals surface area contributed by atoms with Crippen molar-refractivity contribution in [3.8, 4) is 0 Å². The third-order valence-electron chi connectivity index (χ3n) is 2.68. The fourth-order valence-electron chi connectivity index (χ4n) is 1.76. The number of para-hydroxylation sites is 1. The standard InChI is InChI=1S/C13H19NO4S/c1-4-9-19(16,17)12-8-6-5-7-11(12)14(2)10-13(15)18-3/h5-8H,4,9-10H2,1-3H3. The van der Waals surface area contributed by atoms with E-state index in [2.05, 4.69) is 4.74 Å². The van der Waals surface area contributed by atoms with E-state index in [1.54, 1.807) is 36.2 Å². The Morgan fingerprint density at radius 3 is 2.53 bits per heavy atom. The van der Waals surface area contributed by atoms with Gasteiger partial charge in [0.25, 0.3) is 0 Å². The summed E-state index contributed by atoms with van der Waals surface area (Å²) < 4.78 is 28.9. The minimum absolute atomic E-state index is 0.00909. The van der Waals surface area contributed by atoms with E-state index in [9.17, 15) is 13.2 Å². The van der Waals surface area contributed by atoms with Crippen LogP contribution < -0.4 is 4.90 Å². The van der Waals surface area contributed by atoms with E-state index in [-0.39, 0.29) is 17.2 Å². The Hall–Kier alpha value is -1.56. The van der Waals surface area contributed by atoms with Gasteiger partial charge in [0.15, 0.2) is 9.84 Å². The molecule has 106 valence electrons. The highest BCUT2D eigenvalue weighted by Gasteiger charge is 2.20. The predicted molar refractivity (Wildman–Crippen MR) is 74.1 cm³/mol. The van der Waals surface area contributed by atoms with Crippen molar-refractivity contribution in [3.05, 3.63) is 24.3 Å². The van der Waals surface area contributed by atoms with Crippen LogP contribution in [0.5, 0.6) is 0 Å². The summed E-state index contributed by atoms with van der Waals surface area (Å²) in [6.07, 6.45) is 0.553.